The number of halogens is 1. The first-order valence-corrected chi connectivity index (χ1v) is 5.22. The van der Waals surface area contributed by atoms with E-state index in [0.29, 0.717) is 27.0 Å². The Morgan fingerprint density at radius 2 is 2.19 bits per heavy atom. The lowest BCUT2D eigenvalue weighted by Crippen LogP contribution is -2.16. The molecule has 0 bridgehead atoms. The first kappa shape index (κ1) is 11.1. The highest BCUT2D eigenvalue weighted by Crippen LogP contribution is 2.27. The van der Waals surface area contributed by atoms with Gasteiger partial charge in [0.2, 0.25) is 0 Å². The summed E-state index contributed by atoms with van der Waals surface area (Å²) in [6.07, 6.45) is 0. The van der Waals surface area contributed by atoms with Crippen molar-refractivity contribution in [3.8, 4) is 11.4 Å². The maximum Gasteiger partial charge on any atom is 0.193 e. The molecule has 0 atom stereocenters. The number of aromatic nitrogens is 3. The molecule has 2 aromatic rings. The van der Waals surface area contributed by atoms with Crippen molar-refractivity contribution in [3.63, 3.8) is 0 Å². The predicted octanol–water partition coefficient (Wildman–Crippen LogP) is 1.99. The molecule has 0 spiro atoms. The van der Waals surface area contributed by atoms with Gasteiger partial charge in [-0.1, -0.05) is 12.1 Å². The molecule has 0 aliphatic carbocycles. The van der Waals surface area contributed by atoms with Gasteiger partial charge in [0.05, 0.1) is 7.11 Å². The third-order valence-corrected chi connectivity index (χ3v) is 2.34. The van der Waals surface area contributed by atoms with E-state index in [2.05, 4.69) is 31.1 Å². The average molecular weight is 285 g/mol. The van der Waals surface area contributed by atoms with Crippen LogP contribution in [0.3, 0.4) is 0 Å². The van der Waals surface area contributed by atoms with Crippen LogP contribution in [0.25, 0.3) is 11.4 Å². The predicted molar refractivity (Wildman–Crippen MR) is 60.8 cm³/mol. The second kappa shape index (κ2) is 4.60. The summed E-state index contributed by atoms with van der Waals surface area (Å²) in [5.41, 5.74) is 1.13. The van der Waals surface area contributed by atoms with Crippen LogP contribution < -0.4 is 5.23 Å². The minimum Gasteiger partial charge on any atom is -0.264 e. The van der Waals surface area contributed by atoms with Crippen LogP contribution in [0.5, 0.6) is 0 Å². The topological polar surface area (TPSA) is 74.3 Å². The molecule has 1 aromatic heterocycles. The minimum absolute atomic E-state index is 0.469. The summed E-state index contributed by atoms with van der Waals surface area (Å²) in [4.78, 5) is 8.83. The Morgan fingerprint density at radius 1 is 1.44 bits per heavy atom. The lowest BCUT2D eigenvalue weighted by molar-refractivity contribution is -0.0107. The third-order valence-electron chi connectivity index (χ3n) is 1.98. The normalized spacial score (nSPS) is 10.4. The van der Waals surface area contributed by atoms with Crippen LogP contribution in [-0.4, -0.2) is 27.5 Å². The maximum absolute atomic E-state index is 9.51. The lowest BCUT2D eigenvalue weighted by Gasteiger charge is -2.15. The number of nitrogens with zero attached hydrogens (tertiary/aromatic N) is 3. The highest BCUT2D eigenvalue weighted by molar-refractivity contribution is 9.10. The van der Waals surface area contributed by atoms with Crippen LogP contribution in [-0.2, 0) is 4.84 Å². The molecule has 6 nitrogen and oxygen atoms in total. The molecule has 0 saturated carbocycles. The number of rotatable bonds is 3. The molecule has 0 saturated heterocycles. The van der Waals surface area contributed by atoms with Crippen molar-refractivity contribution in [3.05, 3.63) is 29.0 Å². The van der Waals surface area contributed by atoms with Gasteiger partial charge >= 0.3 is 0 Å². The number of nitrogens with one attached hydrogen (secondary N) is 1. The summed E-state index contributed by atoms with van der Waals surface area (Å²) >= 11 is 3.17. The van der Waals surface area contributed by atoms with Crippen molar-refractivity contribution in [1.29, 1.82) is 0 Å². The standard InChI is InChI=1S/C9H9BrN4O2/c1-16-14(15)7-5-3-2-4-6(7)8-11-9(10)13-12-8/h2-5,15H,1H3,(H,11,12,13). The molecule has 2 N–H and O–H groups in total. The first-order chi connectivity index (χ1) is 7.72. The van der Waals surface area contributed by atoms with E-state index in [1.54, 1.807) is 18.2 Å². The van der Waals surface area contributed by atoms with Crippen molar-refractivity contribution in [2.75, 3.05) is 12.3 Å². The van der Waals surface area contributed by atoms with E-state index >= 15 is 0 Å². The number of para-hydroxylation sites is 1. The van der Waals surface area contributed by atoms with Crippen LogP contribution in [0.4, 0.5) is 5.69 Å². The molecule has 0 fully saturated rings. The Bertz CT molecular complexity index is 488. The van der Waals surface area contributed by atoms with Crippen LogP contribution in [0, 0.1) is 0 Å². The van der Waals surface area contributed by atoms with Crippen molar-refractivity contribution >= 4 is 21.6 Å². The van der Waals surface area contributed by atoms with Crippen LogP contribution in [0.1, 0.15) is 0 Å². The molecule has 0 radical (unpaired) electrons. The Hall–Kier alpha value is -1.44. The van der Waals surface area contributed by atoms with Crippen molar-refractivity contribution in [2.24, 2.45) is 0 Å². The molecule has 16 heavy (non-hydrogen) atoms. The fourth-order valence-corrected chi connectivity index (χ4v) is 1.55. The Balaban J connectivity index is 2.48. The molecule has 0 aliphatic heterocycles. The molecule has 1 heterocycles. The number of anilines is 1. The second-order valence-electron chi connectivity index (χ2n) is 2.92. The molecule has 1 aromatic carbocycles. The summed E-state index contributed by atoms with van der Waals surface area (Å²) < 4.78 is 0.527. The number of H-pyrrole nitrogens is 1. The Morgan fingerprint density at radius 3 is 2.81 bits per heavy atom. The van der Waals surface area contributed by atoms with Gasteiger partial charge in [0.15, 0.2) is 10.6 Å². The van der Waals surface area contributed by atoms with Gasteiger partial charge in [-0.3, -0.25) is 15.1 Å². The average Bonchev–Trinajstić information content (AvgIpc) is 2.75. The van der Waals surface area contributed by atoms with E-state index < -0.39 is 0 Å². The van der Waals surface area contributed by atoms with Crippen molar-refractivity contribution in [1.82, 2.24) is 15.2 Å². The van der Waals surface area contributed by atoms with Crippen molar-refractivity contribution in [2.45, 2.75) is 0 Å². The summed E-state index contributed by atoms with van der Waals surface area (Å²) in [6, 6.07) is 7.09. The van der Waals surface area contributed by atoms with Gasteiger partial charge in [-0.25, -0.2) is 4.98 Å². The van der Waals surface area contributed by atoms with E-state index in [4.69, 9.17) is 4.84 Å². The summed E-state index contributed by atoms with van der Waals surface area (Å²) in [5, 5.41) is 16.8. The molecular formula is C9H9BrN4O2. The van der Waals surface area contributed by atoms with Gasteiger partial charge in [0.25, 0.3) is 0 Å². The van der Waals surface area contributed by atoms with Crippen LogP contribution in [0.2, 0.25) is 0 Å². The summed E-state index contributed by atoms with van der Waals surface area (Å²) in [7, 11) is 1.37. The van der Waals surface area contributed by atoms with Gasteiger partial charge in [-0.05, 0) is 28.1 Å². The number of hydrogen-bond donors (Lipinski definition) is 2. The smallest absolute Gasteiger partial charge is 0.193 e. The first-order valence-electron chi connectivity index (χ1n) is 4.43. The molecule has 0 amide bonds. The molecule has 7 heteroatoms. The summed E-state index contributed by atoms with van der Waals surface area (Å²) in [6.45, 7) is 0. The van der Waals surface area contributed by atoms with E-state index in [1.807, 2.05) is 6.07 Å². The fraction of sp³-hybridized carbons (Fsp3) is 0.111. The molecule has 0 unspecified atom stereocenters. The number of hydrogen-bond acceptors (Lipinski definition) is 5. The lowest BCUT2D eigenvalue weighted by atomic mass is 10.2. The fourth-order valence-electron chi connectivity index (χ4n) is 1.29. The van der Waals surface area contributed by atoms with E-state index in [1.165, 1.54) is 7.11 Å². The largest absolute Gasteiger partial charge is 0.264 e. The second-order valence-corrected chi connectivity index (χ2v) is 3.67. The van der Waals surface area contributed by atoms with Crippen molar-refractivity contribution < 1.29 is 10.0 Å². The molecular weight excluding hydrogens is 276 g/mol. The van der Waals surface area contributed by atoms with E-state index in [9.17, 15) is 5.21 Å². The number of benzene rings is 1. The Kier molecular flexibility index (Phi) is 3.18. The van der Waals surface area contributed by atoms with Gasteiger partial charge < -0.3 is 0 Å². The van der Waals surface area contributed by atoms with Gasteiger partial charge in [0.1, 0.15) is 5.69 Å². The Labute approximate surface area is 99.9 Å². The third kappa shape index (κ3) is 2.06. The zero-order valence-corrected chi connectivity index (χ0v) is 9.97. The SMILES string of the molecule is CON(O)c1ccccc1-c1n[nH]c(Br)n1. The molecule has 84 valence electrons. The summed E-state index contributed by atoms with van der Waals surface area (Å²) in [5.74, 6) is 0.471. The molecule has 0 aliphatic rings. The van der Waals surface area contributed by atoms with E-state index in [0.717, 1.165) is 0 Å². The van der Waals surface area contributed by atoms with Gasteiger partial charge in [-0.15, -0.1) is 5.23 Å². The highest BCUT2D eigenvalue weighted by Gasteiger charge is 2.13. The monoisotopic (exact) mass is 284 g/mol. The zero-order chi connectivity index (χ0) is 11.5. The highest BCUT2D eigenvalue weighted by atomic mass is 79.9. The maximum atomic E-state index is 9.51. The van der Waals surface area contributed by atoms with Gasteiger partial charge in [-0.2, -0.15) is 5.10 Å². The zero-order valence-electron chi connectivity index (χ0n) is 8.38. The van der Waals surface area contributed by atoms with Crippen LogP contribution in [0.15, 0.2) is 29.0 Å². The van der Waals surface area contributed by atoms with Gasteiger partial charge in [0, 0.05) is 5.56 Å². The minimum atomic E-state index is 0.469. The quantitative estimate of drug-likeness (QED) is 0.844. The molecule has 2 rings (SSSR count). The van der Waals surface area contributed by atoms with E-state index in [-0.39, 0.29) is 0 Å². The van der Waals surface area contributed by atoms with Crippen LogP contribution >= 0.6 is 15.9 Å². The number of aromatic amines is 1.